The number of benzene rings is 1. The van der Waals surface area contributed by atoms with E-state index in [1.807, 2.05) is 11.0 Å². The van der Waals surface area contributed by atoms with Crippen LogP contribution in [0.4, 0.5) is 0 Å². The zero-order valence-corrected chi connectivity index (χ0v) is 12.0. The minimum atomic E-state index is -0.0269. The van der Waals surface area contributed by atoms with Gasteiger partial charge in [0.05, 0.1) is 17.7 Å². The molecule has 1 heterocycles. The lowest BCUT2D eigenvalue weighted by atomic mass is 10.1. The van der Waals surface area contributed by atoms with Crippen molar-refractivity contribution < 1.29 is 14.6 Å². The van der Waals surface area contributed by atoms with Crippen LogP contribution < -0.4 is 0 Å². The molecular weight excluding hydrogens is 268 g/mol. The highest BCUT2D eigenvalue weighted by atomic mass is 16.5. The Morgan fingerprint density at radius 3 is 2.86 bits per heavy atom. The number of hydrogen-bond acceptors (Lipinski definition) is 4. The molecule has 1 amide bonds. The van der Waals surface area contributed by atoms with Gasteiger partial charge in [-0.2, -0.15) is 5.26 Å². The summed E-state index contributed by atoms with van der Waals surface area (Å²) in [5.41, 5.74) is 1.07. The number of aliphatic hydroxyl groups is 1. The highest BCUT2D eigenvalue weighted by Gasteiger charge is 2.24. The van der Waals surface area contributed by atoms with Gasteiger partial charge in [0.2, 0.25) is 0 Å². The fourth-order valence-electron chi connectivity index (χ4n) is 2.44. The molecule has 5 nitrogen and oxygen atoms in total. The van der Waals surface area contributed by atoms with E-state index in [1.54, 1.807) is 24.3 Å². The zero-order valence-electron chi connectivity index (χ0n) is 12.0. The normalized spacial score (nSPS) is 15.7. The van der Waals surface area contributed by atoms with Gasteiger partial charge >= 0.3 is 0 Å². The predicted octanol–water partition coefficient (Wildman–Crippen LogP) is 1.56. The van der Waals surface area contributed by atoms with Crippen LogP contribution in [0.1, 0.15) is 35.2 Å². The first-order valence-corrected chi connectivity index (χ1v) is 7.26. The molecule has 1 aromatic rings. The second kappa shape index (κ2) is 7.77. The average molecular weight is 288 g/mol. The Morgan fingerprint density at radius 2 is 2.19 bits per heavy atom. The van der Waals surface area contributed by atoms with E-state index >= 15 is 0 Å². The van der Waals surface area contributed by atoms with Gasteiger partial charge in [0.25, 0.3) is 5.91 Å². The number of nitrogens with zero attached hydrogens (tertiary/aromatic N) is 2. The Kier molecular flexibility index (Phi) is 5.73. The van der Waals surface area contributed by atoms with E-state index in [-0.39, 0.29) is 18.6 Å². The number of piperidine rings is 1. The van der Waals surface area contributed by atoms with E-state index in [2.05, 4.69) is 0 Å². The quantitative estimate of drug-likeness (QED) is 0.834. The molecule has 0 radical (unpaired) electrons. The first-order valence-electron chi connectivity index (χ1n) is 7.26. The van der Waals surface area contributed by atoms with Gasteiger partial charge in [-0.3, -0.25) is 4.79 Å². The number of aliphatic hydroxyl groups excluding tert-OH is 1. The van der Waals surface area contributed by atoms with Gasteiger partial charge in [0, 0.05) is 31.9 Å². The van der Waals surface area contributed by atoms with Gasteiger partial charge in [0.15, 0.2) is 0 Å². The number of hydrogen-bond donors (Lipinski definition) is 1. The Bertz CT molecular complexity index is 516. The number of amides is 1. The Balaban J connectivity index is 1.87. The number of ether oxygens (including phenoxy) is 1. The van der Waals surface area contributed by atoms with Crippen molar-refractivity contribution in [3.8, 4) is 6.07 Å². The molecule has 1 aromatic carbocycles. The molecule has 0 aromatic heterocycles. The molecule has 0 unspecified atom stereocenters. The van der Waals surface area contributed by atoms with Crippen LogP contribution in [-0.4, -0.2) is 48.3 Å². The molecule has 1 saturated heterocycles. The van der Waals surface area contributed by atoms with Crippen molar-refractivity contribution in [2.45, 2.75) is 25.4 Å². The zero-order chi connectivity index (χ0) is 15.1. The second-order valence-electron chi connectivity index (χ2n) is 5.13. The van der Waals surface area contributed by atoms with Gasteiger partial charge in [-0.25, -0.2) is 0 Å². The van der Waals surface area contributed by atoms with Gasteiger partial charge in [-0.1, -0.05) is 6.07 Å². The molecule has 1 aliphatic rings. The second-order valence-corrected chi connectivity index (χ2v) is 5.13. The van der Waals surface area contributed by atoms with Gasteiger partial charge in [-0.05, 0) is 37.5 Å². The van der Waals surface area contributed by atoms with Gasteiger partial charge in [0.1, 0.15) is 0 Å². The van der Waals surface area contributed by atoms with Crippen molar-refractivity contribution in [3.05, 3.63) is 35.4 Å². The third-order valence-electron chi connectivity index (χ3n) is 3.62. The summed E-state index contributed by atoms with van der Waals surface area (Å²) in [6, 6.07) is 8.85. The minimum absolute atomic E-state index is 0.0269. The highest BCUT2D eigenvalue weighted by Crippen LogP contribution is 2.17. The Labute approximate surface area is 124 Å². The van der Waals surface area contributed by atoms with Gasteiger partial charge < -0.3 is 14.7 Å². The first kappa shape index (κ1) is 15.5. The third kappa shape index (κ3) is 4.28. The summed E-state index contributed by atoms with van der Waals surface area (Å²) < 4.78 is 5.65. The van der Waals surface area contributed by atoms with Crippen LogP contribution >= 0.6 is 0 Å². The van der Waals surface area contributed by atoms with Gasteiger partial charge in [-0.15, -0.1) is 0 Å². The van der Waals surface area contributed by atoms with Crippen LogP contribution in [0.5, 0.6) is 0 Å². The first-order chi connectivity index (χ1) is 10.2. The van der Waals surface area contributed by atoms with Crippen molar-refractivity contribution in [1.82, 2.24) is 4.90 Å². The van der Waals surface area contributed by atoms with Crippen LogP contribution in [0, 0.1) is 11.3 Å². The summed E-state index contributed by atoms with van der Waals surface area (Å²) in [6.07, 6.45) is 2.45. The molecule has 0 atom stereocenters. The molecule has 21 heavy (non-hydrogen) atoms. The van der Waals surface area contributed by atoms with E-state index in [0.717, 1.165) is 12.8 Å². The molecule has 1 fully saturated rings. The van der Waals surface area contributed by atoms with Crippen LogP contribution in [0.15, 0.2) is 24.3 Å². The van der Waals surface area contributed by atoms with Crippen LogP contribution in [-0.2, 0) is 4.74 Å². The number of rotatable bonds is 5. The van der Waals surface area contributed by atoms with Crippen molar-refractivity contribution in [1.29, 1.82) is 5.26 Å². The molecule has 1 N–H and O–H groups in total. The number of likely N-dealkylation sites (tertiary alicyclic amines) is 1. The fraction of sp³-hybridized carbons (Fsp3) is 0.500. The summed E-state index contributed by atoms with van der Waals surface area (Å²) in [4.78, 5) is 14.2. The van der Waals surface area contributed by atoms with Crippen LogP contribution in [0.2, 0.25) is 0 Å². The molecule has 5 heteroatoms. The monoisotopic (exact) mass is 288 g/mol. The predicted molar refractivity (Wildman–Crippen MR) is 77.7 cm³/mol. The maximum Gasteiger partial charge on any atom is 0.253 e. The number of nitriles is 1. The lowest BCUT2D eigenvalue weighted by Crippen LogP contribution is -2.41. The van der Waals surface area contributed by atoms with E-state index in [1.165, 1.54) is 0 Å². The Morgan fingerprint density at radius 1 is 1.43 bits per heavy atom. The molecular formula is C16H20N2O3. The smallest absolute Gasteiger partial charge is 0.253 e. The maximum atomic E-state index is 12.4. The molecule has 0 aliphatic carbocycles. The minimum Gasteiger partial charge on any atom is -0.396 e. The Hall–Kier alpha value is -1.90. The van der Waals surface area contributed by atoms with E-state index in [0.29, 0.717) is 37.2 Å². The fourth-order valence-corrected chi connectivity index (χ4v) is 2.44. The SMILES string of the molecule is N#Cc1cccc(C(=O)N2CCC(OCCCO)CC2)c1. The van der Waals surface area contributed by atoms with Crippen molar-refractivity contribution in [2.75, 3.05) is 26.3 Å². The molecule has 1 aliphatic heterocycles. The summed E-state index contributed by atoms with van der Waals surface area (Å²) in [5.74, 6) is -0.0269. The molecule has 2 rings (SSSR count). The molecule has 112 valence electrons. The lowest BCUT2D eigenvalue weighted by Gasteiger charge is -2.32. The van der Waals surface area contributed by atoms with Crippen molar-refractivity contribution >= 4 is 5.91 Å². The molecule has 0 spiro atoms. The van der Waals surface area contributed by atoms with Crippen molar-refractivity contribution in [2.24, 2.45) is 0 Å². The molecule has 0 bridgehead atoms. The number of carbonyl (C=O) groups excluding carboxylic acids is 1. The summed E-state index contributed by atoms with van der Waals surface area (Å²) in [5, 5.41) is 17.6. The van der Waals surface area contributed by atoms with Crippen LogP contribution in [0.3, 0.4) is 0 Å². The third-order valence-corrected chi connectivity index (χ3v) is 3.62. The van der Waals surface area contributed by atoms with Crippen LogP contribution in [0.25, 0.3) is 0 Å². The summed E-state index contributed by atoms with van der Waals surface area (Å²) in [7, 11) is 0. The van der Waals surface area contributed by atoms with E-state index < -0.39 is 0 Å². The lowest BCUT2D eigenvalue weighted by molar-refractivity contribution is 0.00397. The largest absolute Gasteiger partial charge is 0.396 e. The standard InChI is InChI=1S/C16H20N2O3/c17-12-13-3-1-4-14(11-13)16(20)18-7-5-15(6-8-18)21-10-2-9-19/h1,3-4,11,15,19H,2,5-10H2. The van der Waals surface area contributed by atoms with E-state index in [4.69, 9.17) is 15.1 Å². The topological polar surface area (TPSA) is 73.6 Å². The summed E-state index contributed by atoms with van der Waals surface area (Å²) in [6.45, 7) is 2.05. The molecule has 0 saturated carbocycles. The maximum absolute atomic E-state index is 12.4. The van der Waals surface area contributed by atoms with Crippen molar-refractivity contribution in [3.63, 3.8) is 0 Å². The average Bonchev–Trinajstić information content (AvgIpc) is 2.55. The highest BCUT2D eigenvalue weighted by molar-refractivity contribution is 5.94. The van der Waals surface area contributed by atoms with E-state index in [9.17, 15) is 4.79 Å². The number of carbonyl (C=O) groups is 1. The summed E-state index contributed by atoms with van der Waals surface area (Å²) >= 11 is 0.